The van der Waals surface area contributed by atoms with Gasteiger partial charge >= 0.3 is 0 Å². The number of hydrogen-bond acceptors (Lipinski definition) is 4. The summed E-state index contributed by atoms with van der Waals surface area (Å²) in [5, 5.41) is 20.5. The van der Waals surface area contributed by atoms with E-state index in [0.29, 0.717) is 16.8 Å². The standard InChI is InChI=1S/C15H23NO3/c1-9-7-16-10(2)12(8-17)13(9)15(6,19)14(4,5)11(3)18/h7,17,19H,8H2,1-6H3. The summed E-state index contributed by atoms with van der Waals surface area (Å²) in [5.41, 5.74) is 0.322. The van der Waals surface area contributed by atoms with Gasteiger partial charge in [-0.05, 0) is 52.7 Å². The predicted molar refractivity (Wildman–Crippen MR) is 73.7 cm³/mol. The lowest BCUT2D eigenvalue weighted by molar-refractivity contribution is -0.141. The number of carbonyl (C=O) groups is 1. The van der Waals surface area contributed by atoms with Crippen LogP contribution in [0.15, 0.2) is 6.20 Å². The van der Waals surface area contributed by atoms with Gasteiger partial charge in [-0.1, -0.05) is 0 Å². The third kappa shape index (κ3) is 2.42. The Morgan fingerprint density at radius 1 is 1.32 bits per heavy atom. The SMILES string of the molecule is CC(=O)C(C)(C)C(C)(O)c1c(C)cnc(C)c1CO. The maximum absolute atomic E-state index is 11.8. The van der Waals surface area contributed by atoms with E-state index in [4.69, 9.17) is 0 Å². The molecule has 0 aliphatic rings. The highest BCUT2D eigenvalue weighted by Gasteiger charge is 2.46. The minimum Gasteiger partial charge on any atom is -0.392 e. The van der Waals surface area contributed by atoms with Gasteiger partial charge in [-0.15, -0.1) is 0 Å². The Hall–Kier alpha value is -1.26. The second-order valence-corrected chi connectivity index (χ2v) is 5.79. The van der Waals surface area contributed by atoms with Gasteiger partial charge in [0, 0.05) is 17.5 Å². The number of pyridine rings is 1. The van der Waals surface area contributed by atoms with Crippen molar-refractivity contribution in [1.82, 2.24) is 4.98 Å². The van der Waals surface area contributed by atoms with Crippen LogP contribution in [0.3, 0.4) is 0 Å². The van der Waals surface area contributed by atoms with Crippen molar-refractivity contribution in [3.05, 3.63) is 28.6 Å². The van der Waals surface area contributed by atoms with Gasteiger partial charge in [-0.2, -0.15) is 0 Å². The Bertz CT molecular complexity index is 504. The predicted octanol–water partition coefficient (Wildman–Crippen LogP) is 2.01. The zero-order valence-electron chi connectivity index (χ0n) is 12.5. The molecule has 1 unspecified atom stereocenters. The number of nitrogens with zero attached hydrogens (tertiary/aromatic N) is 1. The van der Waals surface area contributed by atoms with Gasteiger partial charge in [0.1, 0.15) is 5.78 Å². The highest BCUT2D eigenvalue weighted by Crippen LogP contribution is 2.43. The molecule has 2 N–H and O–H groups in total. The van der Waals surface area contributed by atoms with Crippen LogP contribution in [0.1, 0.15) is 50.1 Å². The molecule has 0 amide bonds. The first-order chi connectivity index (χ1) is 8.57. The summed E-state index contributed by atoms with van der Waals surface area (Å²) in [6, 6.07) is 0. The molecule has 1 rings (SSSR count). The van der Waals surface area contributed by atoms with Gasteiger partial charge in [0.25, 0.3) is 0 Å². The normalized spacial score (nSPS) is 15.2. The number of rotatable bonds is 4. The summed E-state index contributed by atoms with van der Waals surface area (Å²) in [6.45, 7) is 9.92. The summed E-state index contributed by atoms with van der Waals surface area (Å²) in [5.74, 6) is -0.102. The first-order valence-corrected chi connectivity index (χ1v) is 6.37. The fourth-order valence-corrected chi connectivity index (χ4v) is 2.28. The van der Waals surface area contributed by atoms with Crippen molar-refractivity contribution >= 4 is 5.78 Å². The van der Waals surface area contributed by atoms with Crippen LogP contribution in [0.4, 0.5) is 0 Å². The van der Waals surface area contributed by atoms with Gasteiger partial charge in [0.2, 0.25) is 0 Å². The fraction of sp³-hybridized carbons (Fsp3) is 0.600. The molecule has 0 fully saturated rings. The molecule has 1 heterocycles. The lowest BCUT2D eigenvalue weighted by atomic mass is 9.67. The van der Waals surface area contributed by atoms with Gasteiger partial charge in [-0.3, -0.25) is 9.78 Å². The van der Waals surface area contributed by atoms with Crippen LogP contribution >= 0.6 is 0 Å². The average molecular weight is 265 g/mol. The van der Waals surface area contributed by atoms with E-state index in [9.17, 15) is 15.0 Å². The van der Waals surface area contributed by atoms with E-state index in [-0.39, 0.29) is 12.4 Å². The van der Waals surface area contributed by atoms with E-state index >= 15 is 0 Å². The third-order valence-electron chi connectivity index (χ3n) is 4.33. The first-order valence-electron chi connectivity index (χ1n) is 6.37. The fourth-order valence-electron chi connectivity index (χ4n) is 2.28. The minimum absolute atomic E-state index is 0.102. The molecular formula is C15H23NO3. The summed E-state index contributed by atoms with van der Waals surface area (Å²) in [4.78, 5) is 16.0. The van der Waals surface area contributed by atoms with Crippen LogP contribution in [-0.4, -0.2) is 21.0 Å². The second-order valence-electron chi connectivity index (χ2n) is 5.79. The highest BCUT2D eigenvalue weighted by atomic mass is 16.3. The maximum Gasteiger partial charge on any atom is 0.138 e. The third-order valence-corrected chi connectivity index (χ3v) is 4.33. The van der Waals surface area contributed by atoms with E-state index in [1.54, 1.807) is 33.9 Å². The minimum atomic E-state index is -1.37. The van der Waals surface area contributed by atoms with Crippen molar-refractivity contribution in [2.45, 2.75) is 53.8 Å². The van der Waals surface area contributed by atoms with E-state index in [2.05, 4.69) is 4.98 Å². The molecule has 0 saturated heterocycles. The molecule has 1 atom stereocenters. The number of ketones is 1. The van der Waals surface area contributed by atoms with Crippen LogP contribution in [0, 0.1) is 19.3 Å². The second kappa shape index (κ2) is 5.02. The van der Waals surface area contributed by atoms with Crippen LogP contribution in [0.2, 0.25) is 0 Å². The first kappa shape index (κ1) is 15.8. The Labute approximate surface area is 114 Å². The molecular weight excluding hydrogens is 242 g/mol. The molecule has 0 aliphatic carbocycles. The summed E-state index contributed by atoms with van der Waals surface area (Å²) >= 11 is 0. The van der Waals surface area contributed by atoms with Crippen molar-refractivity contribution in [3.63, 3.8) is 0 Å². The molecule has 1 aromatic heterocycles. The van der Waals surface area contributed by atoms with Gasteiger partial charge in [-0.25, -0.2) is 0 Å². The topological polar surface area (TPSA) is 70.4 Å². The Kier molecular flexibility index (Phi) is 4.17. The smallest absolute Gasteiger partial charge is 0.138 e. The molecule has 0 saturated carbocycles. The number of aromatic nitrogens is 1. The van der Waals surface area contributed by atoms with Crippen LogP contribution in [0.5, 0.6) is 0 Å². The Balaban J connectivity index is 3.61. The monoisotopic (exact) mass is 265 g/mol. The van der Waals surface area contributed by atoms with Crippen LogP contribution in [-0.2, 0) is 17.0 Å². The lowest BCUT2D eigenvalue weighted by Gasteiger charge is -2.40. The zero-order chi connectivity index (χ0) is 15.0. The molecule has 1 aromatic rings. The van der Waals surface area contributed by atoms with E-state index in [0.717, 1.165) is 5.56 Å². The molecule has 0 aromatic carbocycles. The largest absolute Gasteiger partial charge is 0.392 e. The van der Waals surface area contributed by atoms with Crippen molar-refractivity contribution in [2.24, 2.45) is 5.41 Å². The number of Topliss-reactive ketones (excluding diaryl/α,β-unsaturated/α-hetero) is 1. The summed E-state index contributed by atoms with van der Waals surface area (Å²) < 4.78 is 0. The molecule has 0 aliphatic heterocycles. The van der Waals surface area contributed by atoms with Gasteiger partial charge in [0.05, 0.1) is 17.6 Å². The Morgan fingerprint density at radius 2 is 1.84 bits per heavy atom. The van der Waals surface area contributed by atoms with Crippen molar-refractivity contribution in [3.8, 4) is 0 Å². The van der Waals surface area contributed by atoms with Crippen molar-refractivity contribution < 1.29 is 15.0 Å². The molecule has 0 bridgehead atoms. The molecule has 0 spiro atoms. The van der Waals surface area contributed by atoms with Crippen LogP contribution in [0.25, 0.3) is 0 Å². The van der Waals surface area contributed by atoms with Crippen LogP contribution < -0.4 is 0 Å². The van der Waals surface area contributed by atoms with E-state index < -0.39 is 11.0 Å². The van der Waals surface area contributed by atoms with E-state index in [1.807, 2.05) is 6.92 Å². The lowest BCUT2D eigenvalue weighted by Crippen LogP contribution is -2.45. The number of aryl methyl sites for hydroxylation is 2. The highest BCUT2D eigenvalue weighted by molar-refractivity contribution is 5.83. The number of aliphatic hydroxyl groups excluding tert-OH is 1. The number of carbonyl (C=O) groups excluding carboxylic acids is 1. The number of hydrogen-bond donors (Lipinski definition) is 2. The van der Waals surface area contributed by atoms with Crippen molar-refractivity contribution in [2.75, 3.05) is 0 Å². The average Bonchev–Trinajstić information content (AvgIpc) is 2.30. The number of aliphatic hydroxyl groups is 2. The molecule has 4 nitrogen and oxygen atoms in total. The molecule has 106 valence electrons. The van der Waals surface area contributed by atoms with E-state index in [1.165, 1.54) is 6.92 Å². The summed E-state index contributed by atoms with van der Waals surface area (Å²) in [6.07, 6.45) is 1.66. The van der Waals surface area contributed by atoms with Gasteiger partial charge in [0.15, 0.2) is 0 Å². The maximum atomic E-state index is 11.8. The zero-order valence-corrected chi connectivity index (χ0v) is 12.5. The molecule has 19 heavy (non-hydrogen) atoms. The Morgan fingerprint density at radius 3 is 2.26 bits per heavy atom. The quantitative estimate of drug-likeness (QED) is 0.873. The molecule has 4 heteroatoms. The molecule has 0 radical (unpaired) electrons. The summed E-state index contributed by atoms with van der Waals surface area (Å²) in [7, 11) is 0. The van der Waals surface area contributed by atoms with Gasteiger partial charge < -0.3 is 10.2 Å². The van der Waals surface area contributed by atoms with Crippen molar-refractivity contribution in [1.29, 1.82) is 0 Å².